The summed E-state index contributed by atoms with van der Waals surface area (Å²) in [4.78, 5) is 30.0. The summed E-state index contributed by atoms with van der Waals surface area (Å²) in [5, 5.41) is 4.87. The maximum Gasteiger partial charge on any atom is 0.286 e. The zero-order chi connectivity index (χ0) is 38.6. The van der Waals surface area contributed by atoms with Gasteiger partial charge in [0.1, 0.15) is 21.2 Å². The van der Waals surface area contributed by atoms with Gasteiger partial charge < -0.3 is 19.1 Å². The number of nitrogens with zero attached hydrogens (tertiary/aromatic N) is 4. The third-order valence-electron chi connectivity index (χ3n) is 11.1. The first kappa shape index (κ1) is 39.6. The van der Waals surface area contributed by atoms with Crippen LogP contribution in [0.3, 0.4) is 0 Å². The molecule has 3 aromatic rings. The number of halogens is 1. The van der Waals surface area contributed by atoms with Crippen LogP contribution in [0.5, 0.6) is 11.6 Å². The third kappa shape index (κ3) is 8.40. The lowest BCUT2D eigenvalue weighted by molar-refractivity contribution is 0.0135. The van der Waals surface area contributed by atoms with Crippen LogP contribution in [0, 0.1) is 17.8 Å². The Bertz CT molecular complexity index is 2040. The van der Waals surface area contributed by atoms with Gasteiger partial charge in [-0.05, 0) is 105 Å². The van der Waals surface area contributed by atoms with Gasteiger partial charge in [-0.25, -0.2) is 4.21 Å². The van der Waals surface area contributed by atoms with Crippen LogP contribution in [-0.4, -0.2) is 71.6 Å². The highest BCUT2D eigenvalue weighted by molar-refractivity contribution is 7.92. The molecule has 6 rings (SSSR count). The van der Waals surface area contributed by atoms with Crippen molar-refractivity contribution in [3.05, 3.63) is 94.7 Å². The Kier molecular flexibility index (Phi) is 12.2. The summed E-state index contributed by atoms with van der Waals surface area (Å²) in [6, 6.07) is 11.5. The van der Waals surface area contributed by atoms with Crippen LogP contribution >= 0.6 is 11.6 Å². The summed E-state index contributed by atoms with van der Waals surface area (Å²) >= 11 is 6.46. The van der Waals surface area contributed by atoms with E-state index in [0.29, 0.717) is 37.2 Å². The molecular formula is C41H52ClN5O6S. The SMILES string of the molecule is C=C[C@H](OC)[C@@H]1CC[C@H]1CN1C[C@@]2(CCCc3cc(Cl)ccc32)COc2ccc(C(=O)N=S(=O)(C[C@@H](C)C/C=C\C)NC(=O)c3cn(C)nc3OC)cc21. The minimum atomic E-state index is -3.60. The zero-order valence-corrected chi connectivity index (χ0v) is 33.5. The molecule has 6 atom stereocenters. The van der Waals surface area contributed by atoms with Crippen molar-refractivity contribution in [2.75, 3.05) is 44.6 Å². The van der Waals surface area contributed by atoms with Crippen molar-refractivity contribution in [1.29, 1.82) is 0 Å². The summed E-state index contributed by atoms with van der Waals surface area (Å²) in [5.74, 6) is -0.149. The quantitative estimate of drug-likeness (QED) is 0.179. The Morgan fingerprint density at radius 2 is 2.06 bits per heavy atom. The van der Waals surface area contributed by atoms with Crippen molar-refractivity contribution < 1.29 is 28.0 Å². The number of aryl methyl sites for hydroxylation is 2. The first-order chi connectivity index (χ1) is 25.9. The van der Waals surface area contributed by atoms with Gasteiger partial charge in [0, 0.05) is 49.4 Å². The fourth-order valence-electron chi connectivity index (χ4n) is 8.31. The molecule has 13 heteroatoms. The van der Waals surface area contributed by atoms with Gasteiger partial charge in [-0.2, -0.15) is 0 Å². The second kappa shape index (κ2) is 16.7. The molecule has 1 unspecified atom stereocenters. The number of hydrogen-bond donors (Lipinski definition) is 1. The number of methoxy groups -OCH3 is 2. The van der Waals surface area contributed by atoms with E-state index < -0.39 is 21.7 Å². The highest BCUT2D eigenvalue weighted by atomic mass is 35.5. The van der Waals surface area contributed by atoms with Crippen molar-refractivity contribution in [2.24, 2.45) is 29.2 Å². The molecule has 2 amide bonds. The van der Waals surface area contributed by atoms with E-state index in [-0.39, 0.29) is 40.2 Å². The Hall–Kier alpha value is -4.13. The molecule has 2 heterocycles. The number of amides is 2. The maximum atomic E-state index is 14.6. The topological polar surface area (TPSA) is 124 Å². The largest absolute Gasteiger partial charge is 0.490 e. The average Bonchev–Trinajstić information content (AvgIpc) is 3.46. The zero-order valence-electron chi connectivity index (χ0n) is 31.9. The molecule has 1 N–H and O–H groups in total. The van der Waals surface area contributed by atoms with E-state index in [9.17, 15) is 13.8 Å². The number of nitrogens with one attached hydrogen (secondary N) is 1. The highest BCUT2D eigenvalue weighted by Gasteiger charge is 2.44. The molecule has 290 valence electrons. The van der Waals surface area contributed by atoms with Gasteiger partial charge in [0.25, 0.3) is 11.8 Å². The Labute approximate surface area is 324 Å². The fraction of sp³-hybridized carbons (Fsp3) is 0.488. The monoisotopic (exact) mass is 777 g/mol. The van der Waals surface area contributed by atoms with Gasteiger partial charge in [-0.3, -0.25) is 19.0 Å². The lowest BCUT2D eigenvalue weighted by Gasteiger charge is -2.46. The van der Waals surface area contributed by atoms with Crippen molar-refractivity contribution >= 4 is 39.0 Å². The molecule has 2 aromatic carbocycles. The van der Waals surface area contributed by atoms with Crippen LogP contribution in [0.4, 0.5) is 5.69 Å². The van der Waals surface area contributed by atoms with E-state index in [1.54, 1.807) is 26.3 Å². The number of anilines is 1. The number of aromatic nitrogens is 2. The van der Waals surface area contributed by atoms with E-state index >= 15 is 0 Å². The van der Waals surface area contributed by atoms with E-state index in [0.717, 1.165) is 49.4 Å². The summed E-state index contributed by atoms with van der Waals surface area (Å²) in [5.41, 5.74) is 3.33. The molecule has 1 aliphatic heterocycles. The first-order valence-corrected chi connectivity index (χ1v) is 20.7. The lowest BCUT2D eigenvalue weighted by atomic mass is 9.68. The number of fused-ring (bicyclic) bond motifs is 3. The molecule has 1 aromatic heterocycles. The molecule has 1 fully saturated rings. The fourth-order valence-corrected chi connectivity index (χ4v) is 10.4. The predicted octanol–water partition coefficient (Wildman–Crippen LogP) is 7.34. The number of allylic oxidation sites excluding steroid dienone is 2. The minimum absolute atomic E-state index is 0.0312. The number of rotatable bonds is 13. The van der Waals surface area contributed by atoms with Crippen LogP contribution in [0.25, 0.3) is 0 Å². The van der Waals surface area contributed by atoms with Crippen LogP contribution in [-0.2, 0) is 33.5 Å². The highest BCUT2D eigenvalue weighted by Crippen LogP contribution is 2.47. The molecule has 11 nitrogen and oxygen atoms in total. The summed E-state index contributed by atoms with van der Waals surface area (Å²) in [6.07, 6.45) is 12.8. The van der Waals surface area contributed by atoms with Gasteiger partial charge in [-0.15, -0.1) is 16.0 Å². The summed E-state index contributed by atoms with van der Waals surface area (Å²) < 4.78 is 40.6. The summed E-state index contributed by atoms with van der Waals surface area (Å²) in [7, 11) is 1.19. The second-order valence-electron chi connectivity index (χ2n) is 15.0. The smallest absolute Gasteiger partial charge is 0.286 e. The van der Waals surface area contributed by atoms with E-state index in [2.05, 4.69) is 37.8 Å². The number of hydrogen-bond acceptors (Lipinski definition) is 8. The number of benzene rings is 2. The van der Waals surface area contributed by atoms with Crippen LogP contribution in [0.2, 0.25) is 5.02 Å². The third-order valence-corrected chi connectivity index (χ3v) is 13.4. The molecule has 2 aliphatic carbocycles. The molecule has 54 heavy (non-hydrogen) atoms. The van der Waals surface area contributed by atoms with Gasteiger partial charge in [0.15, 0.2) is 0 Å². The number of carbonyl (C=O) groups excluding carboxylic acids is 2. The molecule has 1 saturated carbocycles. The minimum Gasteiger partial charge on any atom is -0.490 e. The molecule has 0 saturated heterocycles. The predicted molar refractivity (Wildman–Crippen MR) is 213 cm³/mol. The molecular weight excluding hydrogens is 726 g/mol. The summed E-state index contributed by atoms with van der Waals surface area (Å²) in [6.45, 7) is 9.74. The van der Waals surface area contributed by atoms with Gasteiger partial charge in [0.05, 0.1) is 31.3 Å². The molecule has 3 aliphatic rings. The standard InChI is InChI=1S/C41H52ClN5O6S/c1-7-9-11-27(3)24-54(50,45-39(49)33-23-46(4)43-40(33)52-6)44-38(48)29-14-18-37-35(21-29)47(22-30-13-16-32(30)36(8-2)51-5)25-41(26-53-37)19-10-12-28-20-31(42)15-17-34(28)41/h7-9,14-15,17-18,20-21,23,27,30,32,36H,2,10-13,16,19,22,24-26H2,1,3-6H3,(H,44,45,48,49,50)/b9-7-/t27-,30-,32+,36-,41-,54?/m0/s1. The molecule has 0 radical (unpaired) electrons. The first-order valence-electron chi connectivity index (χ1n) is 18.7. The Balaban J connectivity index is 1.37. The average molecular weight is 778 g/mol. The molecule has 0 bridgehead atoms. The van der Waals surface area contributed by atoms with E-state index in [4.69, 9.17) is 25.8 Å². The van der Waals surface area contributed by atoms with E-state index in [1.807, 2.05) is 44.2 Å². The van der Waals surface area contributed by atoms with Crippen molar-refractivity contribution in [2.45, 2.75) is 63.9 Å². The Morgan fingerprint density at radius 1 is 1.24 bits per heavy atom. The normalized spacial score (nSPS) is 22.8. The number of ether oxygens (including phenoxy) is 3. The van der Waals surface area contributed by atoms with Gasteiger partial charge in [0.2, 0.25) is 5.88 Å². The van der Waals surface area contributed by atoms with Crippen molar-refractivity contribution in [1.82, 2.24) is 14.5 Å². The number of carbonyl (C=O) groups is 2. The molecule has 1 spiro atoms. The second-order valence-corrected chi connectivity index (χ2v) is 17.4. The van der Waals surface area contributed by atoms with Crippen LogP contribution in [0.15, 0.2) is 71.8 Å². The lowest BCUT2D eigenvalue weighted by Crippen LogP contribution is -2.49. The van der Waals surface area contributed by atoms with Crippen molar-refractivity contribution in [3.63, 3.8) is 0 Å². The van der Waals surface area contributed by atoms with Crippen molar-refractivity contribution in [3.8, 4) is 11.6 Å². The van der Waals surface area contributed by atoms with E-state index in [1.165, 1.54) is 29.1 Å². The Morgan fingerprint density at radius 3 is 2.76 bits per heavy atom. The van der Waals surface area contributed by atoms with Gasteiger partial charge >= 0.3 is 0 Å². The van der Waals surface area contributed by atoms with Crippen LogP contribution < -0.4 is 19.1 Å². The maximum absolute atomic E-state index is 14.6. The van der Waals surface area contributed by atoms with Gasteiger partial charge in [-0.1, -0.05) is 42.8 Å². The van der Waals surface area contributed by atoms with Crippen LogP contribution in [0.1, 0.15) is 77.8 Å².